The first-order valence-corrected chi connectivity index (χ1v) is 6.26. The summed E-state index contributed by atoms with van der Waals surface area (Å²) >= 11 is 0. The summed E-state index contributed by atoms with van der Waals surface area (Å²) in [5, 5.41) is 0. The van der Waals surface area contributed by atoms with Crippen LogP contribution in [0.2, 0.25) is 0 Å². The monoisotopic (exact) mass is 219 g/mol. The summed E-state index contributed by atoms with van der Waals surface area (Å²) in [4.78, 5) is 0. The molecule has 1 fully saturated rings. The van der Waals surface area contributed by atoms with Crippen molar-refractivity contribution in [2.75, 3.05) is 6.54 Å². The van der Waals surface area contributed by atoms with Crippen molar-refractivity contribution in [1.82, 2.24) is 0 Å². The third-order valence-electron chi connectivity index (χ3n) is 3.38. The highest BCUT2D eigenvalue weighted by atomic mass is 16.5. The third kappa shape index (κ3) is 2.76. The van der Waals surface area contributed by atoms with Crippen molar-refractivity contribution in [2.24, 2.45) is 5.73 Å². The van der Waals surface area contributed by atoms with Crippen LogP contribution in [0.5, 0.6) is 5.75 Å². The molecule has 0 saturated heterocycles. The summed E-state index contributed by atoms with van der Waals surface area (Å²) in [6.07, 6.45) is 5.23. The predicted octanol–water partition coefficient (Wildman–Crippen LogP) is 3.07. The Morgan fingerprint density at radius 3 is 2.88 bits per heavy atom. The van der Waals surface area contributed by atoms with Crippen molar-refractivity contribution in [1.29, 1.82) is 0 Å². The molecule has 2 rings (SSSR count). The summed E-state index contributed by atoms with van der Waals surface area (Å²) in [5.41, 5.74) is 6.92. The lowest BCUT2D eigenvalue weighted by atomic mass is 9.95. The second kappa shape index (κ2) is 5.35. The smallest absolute Gasteiger partial charge is 0.119 e. The van der Waals surface area contributed by atoms with Gasteiger partial charge in [-0.2, -0.15) is 0 Å². The Morgan fingerprint density at radius 2 is 2.25 bits per heavy atom. The zero-order valence-corrected chi connectivity index (χ0v) is 9.99. The average Bonchev–Trinajstić information content (AvgIpc) is 2.24. The van der Waals surface area contributed by atoms with Gasteiger partial charge in [0.1, 0.15) is 5.75 Å². The van der Waals surface area contributed by atoms with Gasteiger partial charge in [0.2, 0.25) is 0 Å². The van der Waals surface area contributed by atoms with E-state index in [1.807, 2.05) is 0 Å². The normalized spacial score (nSPS) is 17.9. The maximum absolute atomic E-state index is 5.89. The molecule has 2 nitrogen and oxygen atoms in total. The van der Waals surface area contributed by atoms with Crippen LogP contribution in [0.25, 0.3) is 0 Å². The Hall–Kier alpha value is -1.02. The van der Waals surface area contributed by atoms with Gasteiger partial charge in [-0.3, -0.25) is 0 Å². The quantitative estimate of drug-likeness (QED) is 0.826. The van der Waals surface area contributed by atoms with E-state index in [4.69, 9.17) is 10.5 Å². The maximum atomic E-state index is 5.89. The zero-order chi connectivity index (χ0) is 11.4. The van der Waals surface area contributed by atoms with Gasteiger partial charge in [-0.1, -0.05) is 19.1 Å². The van der Waals surface area contributed by atoms with E-state index in [1.54, 1.807) is 0 Å². The maximum Gasteiger partial charge on any atom is 0.119 e. The largest absolute Gasteiger partial charge is 0.490 e. The molecule has 88 valence electrons. The molecule has 1 aromatic carbocycles. The van der Waals surface area contributed by atoms with Gasteiger partial charge in [0.25, 0.3) is 0 Å². The van der Waals surface area contributed by atoms with Gasteiger partial charge in [0.05, 0.1) is 6.10 Å². The molecule has 0 bridgehead atoms. The number of hydrogen-bond donors (Lipinski definition) is 1. The van der Waals surface area contributed by atoms with Crippen LogP contribution in [0.3, 0.4) is 0 Å². The third-order valence-corrected chi connectivity index (χ3v) is 3.38. The van der Waals surface area contributed by atoms with Crippen LogP contribution >= 0.6 is 0 Å². The second-order valence-electron chi connectivity index (χ2n) is 4.72. The molecule has 0 radical (unpaired) electrons. The molecule has 0 aliphatic heterocycles. The van der Waals surface area contributed by atoms with E-state index in [-0.39, 0.29) is 0 Å². The van der Waals surface area contributed by atoms with E-state index in [2.05, 4.69) is 31.2 Å². The van der Waals surface area contributed by atoms with Crippen LogP contribution in [0.1, 0.15) is 44.1 Å². The minimum Gasteiger partial charge on any atom is -0.490 e. The molecule has 0 amide bonds. The van der Waals surface area contributed by atoms with Crippen molar-refractivity contribution in [2.45, 2.75) is 44.6 Å². The van der Waals surface area contributed by atoms with Crippen molar-refractivity contribution in [3.05, 3.63) is 29.8 Å². The summed E-state index contributed by atoms with van der Waals surface area (Å²) in [6, 6.07) is 8.46. The van der Waals surface area contributed by atoms with Gasteiger partial charge < -0.3 is 10.5 Å². The summed E-state index contributed by atoms with van der Waals surface area (Å²) in [7, 11) is 0. The molecule has 0 aromatic heterocycles. The molecular formula is C14H21NO. The molecule has 1 atom stereocenters. The molecule has 16 heavy (non-hydrogen) atoms. The summed E-state index contributed by atoms with van der Waals surface area (Å²) in [5.74, 6) is 1.54. The number of hydrogen-bond acceptors (Lipinski definition) is 2. The highest BCUT2D eigenvalue weighted by Crippen LogP contribution is 2.27. The minimum absolute atomic E-state index is 0.458. The van der Waals surface area contributed by atoms with E-state index in [0.717, 1.165) is 18.7 Å². The van der Waals surface area contributed by atoms with E-state index < -0.39 is 0 Å². The van der Waals surface area contributed by atoms with Crippen LogP contribution < -0.4 is 10.5 Å². The zero-order valence-electron chi connectivity index (χ0n) is 9.99. The average molecular weight is 219 g/mol. The van der Waals surface area contributed by atoms with E-state index >= 15 is 0 Å². The van der Waals surface area contributed by atoms with Crippen LogP contribution in [-0.2, 0) is 0 Å². The van der Waals surface area contributed by atoms with Gasteiger partial charge >= 0.3 is 0 Å². The highest BCUT2D eigenvalue weighted by molar-refractivity contribution is 5.30. The lowest BCUT2D eigenvalue weighted by Gasteiger charge is -2.26. The first kappa shape index (κ1) is 11.5. The molecule has 1 aliphatic carbocycles. The molecular weight excluding hydrogens is 198 g/mol. The predicted molar refractivity (Wildman–Crippen MR) is 66.8 cm³/mol. The van der Waals surface area contributed by atoms with Gasteiger partial charge in [0.15, 0.2) is 0 Å². The summed E-state index contributed by atoms with van der Waals surface area (Å²) < 4.78 is 5.89. The van der Waals surface area contributed by atoms with Gasteiger partial charge in [-0.25, -0.2) is 0 Å². The molecule has 1 saturated carbocycles. The molecule has 0 spiro atoms. The molecule has 1 aliphatic rings. The fraction of sp³-hybridized carbons (Fsp3) is 0.571. The van der Waals surface area contributed by atoms with Crippen LogP contribution in [0.4, 0.5) is 0 Å². The second-order valence-corrected chi connectivity index (χ2v) is 4.72. The van der Waals surface area contributed by atoms with Crippen molar-refractivity contribution < 1.29 is 4.74 Å². The minimum atomic E-state index is 0.458. The number of benzene rings is 1. The Balaban J connectivity index is 2.00. The van der Waals surface area contributed by atoms with E-state index in [9.17, 15) is 0 Å². The molecule has 0 heterocycles. The van der Waals surface area contributed by atoms with Crippen LogP contribution in [0.15, 0.2) is 24.3 Å². The van der Waals surface area contributed by atoms with Gasteiger partial charge in [0, 0.05) is 0 Å². The summed E-state index contributed by atoms with van der Waals surface area (Å²) in [6.45, 7) is 2.96. The van der Waals surface area contributed by atoms with Gasteiger partial charge in [-0.05, 0) is 55.8 Å². The highest BCUT2D eigenvalue weighted by Gasteiger charge is 2.19. The first-order chi connectivity index (χ1) is 7.79. The van der Waals surface area contributed by atoms with E-state index in [1.165, 1.54) is 24.8 Å². The standard InChI is InChI=1S/C14H21NO/c1-11(8-9-15)12-4-2-7-14(10-12)16-13-5-3-6-13/h2,4,7,10-11,13H,3,5-6,8-9,15H2,1H3. The number of rotatable bonds is 5. The lowest BCUT2D eigenvalue weighted by molar-refractivity contribution is 0.120. The number of nitrogens with two attached hydrogens (primary N) is 1. The molecule has 2 N–H and O–H groups in total. The van der Waals surface area contributed by atoms with Gasteiger partial charge in [-0.15, -0.1) is 0 Å². The first-order valence-electron chi connectivity index (χ1n) is 6.26. The van der Waals surface area contributed by atoms with Crippen molar-refractivity contribution in [3.8, 4) is 5.75 Å². The van der Waals surface area contributed by atoms with Crippen molar-refractivity contribution >= 4 is 0 Å². The Morgan fingerprint density at radius 1 is 1.44 bits per heavy atom. The number of ether oxygens (including phenoxy) is 1. The molecule has 2 heteroatoms. The van der Waals surface area contributed by atoms with E-state index in [0.29, 0.717) is 12.0 Å². The molecule has 1 aromatic rings. The molecule has 1 unspecified atom stereocenters. The SMILES string of the molecule is CC(CCN)c1cccc(OC2CCC2)c1. The van der Waals surface area contributed by atoms with Crippen LogP contribution in [0, 0.1) is 0 Å². The topological polar surface area (TPSA) is 35.2 Å². The Bertz CT molecular complexity index is 333. The Labute approximate surface area is 97.8 Å². The fourth-order valence-electron chi connectivity index (χ4n) is 1.99. The van der Waals surface area contributed by atoms with Crippen LogP contribution in [-0.4, -0.2) is 12.6 Å². The Kier molecular flexibility index (Phi) is 3.83. The fourth-order valence-corrected chi connectivity index (χ4v) is 1.99. The lowest BCUT2D eigenvalue weighted by Crippen LogP contribution is -2.24. The van der Waals surface area contributed by atoms with Crippen molar-refractivity contribution in [3.63, 3.8) is 0 Å².